The second-order valence-electron chi connectivity index (χ2n) is 4.32. The zero-order chi connectivity index (χ0) is 15.5. The summed E-state index contributed by atoms with van der Waals surface area (Å²) in [4.78, 5) is 4.98. The van der Waals surface area contributed by atoms with Crippen molar-refractivity contribution in [2.45, 2.75) is 19.1 Å². The molecule has 0 saturated heterocycles. The molecule has 1 N–H and O–H groups in total. The molecule has 0 aliphatic heterocycles. The summed E-state index contributed by atoms with van der Waals surface area (Å²) in [6.45, 7) is 0.652. The average Bonchev–Trinajstić information content (AvgIpc) is 2.84. The number of hydrogen-bond acceptors (Lipinski definition) is 4. The van der Waals surface area contributed by atoms with E-state index in [9.17, 15) is 13.2 Å². The van der Waals surface area contributed by atoms with Gasteiger partial charge in [-0.15, -0.1) is 11.3 Å². The van der Waals surface area contributed by atoms with E-state index in [-0.39, 0.29) is 11.9 Å². The minimum absolute atomic E-state index is 0.0515. The Labute approximate surface area is 132 Å². The van der Waals surface area contributed by atoms with Crippen LogP contribution in [0, 0.1) is 0 Å². The lowest BCUT2D eigenvalue weighted by atomic mass is 10.2. The van der Waals surface area contributed by atoms with Crippen molar-refractivity contribution < 1.29 is 17.9 Å². The van der Waals surface area contributed by atoms with E-state index < -0.39 is 12.8 Å². The zero-order valence-electron chi connectivity index (χ0n) is 10.9. The third-order valence-electron chi connectivity index (χ3n) is 2.52. The van der Waals surface area contributed by atoms with Crippen LogP contribution < -0.4 is 10.1 Å². The number of hydrogen-bond donors (Lipinski definition) is 1. The molecule has 0 spiro atoms. The quantitative estimate of drug-likeness (QED) is 0.790. The van der Waals surface area contributed by atoms with E-state index in [1.54, 1.807) is 17.4 Å². The molecule has 3 nitrogen and oxygen atoms in total. The summed E-state index contributed by atoms with van der Waals surface area (Å²) in [6, 6.07) is 5.13. The van der Waals surface area contributed by atoms with Gasteiger partial charge in [0.1, 0.15) is 0 Å². The molecule has 2 rings (SSSR count). The van der Waals surface area contributed by atoms with Gasteiger partial charge in [-0.05, 0) is 35.0 Å². The molecule has 114 valence electrons. The van der Waals surface area contributed by atoms with Crippen LogP contribution >= 0.6 is 27.3 Å². The van der Waals surface area contributed by atoms with Gasteiger partial charge in [-0.1, -0.05) is 0 Å². The molecule has 2 heterocycles. The Morgan fingerprint density at radius 3 is 2.71 bits per heavy atom. The van der Waals surface area contributed by atoms with E-state index >= 15 is 0 Å². The summed E-state index contributed by atoms with van der Waals surface area (Å²) >= 11 is 5.00. The van der Waals surface area contributed by atoms with E-state index in [1.165, 1.54) is 12.3 Å². The maximum atomic E-state index is 12.0. The second kappa shape index (κ2) is 6.65. The van der Waals surface area contributed by atoms with Gasteiger partial charge < -0.3 is 10.1 Å². The van der Waals surface area contributed by atoms with Crippen molar-refractivity contribution in [3.05, 3.63) is 39.1 Å². The highest BCUT2D eigenvalue weighted by Gasteiger charge is 2.28. The monoisotopic (exact) mass is 380 g/mol. The van der Waals surface area contributed by atoms with Gasteiger partial charge in [0, 0.05) is 20.8 Å². The van der Waals surface area contributed by atoms with Crippen LogP contribution in [0.2, 0.25) is 0 Å². The van der Waals surface area contributed by atoms with Crippen LogP contribution in [0.15, 0.2) is 34.2 Å². The molecule has 21 heavy (non-hydrogen) atoms. The van der Waals surface area contributed by atoms with Gasteiger partial charge in [0.05, 0.1) is 17.9 Å². The van der Waals surface area contributed by atoms with Crippen LogP contribution in [-0.4, -0.2) is 17.8 Å². The predicted molar refractivity (Wildman–Crippen MR) is 79.8 cm³/mol. The summed E-state index contributed by atoms with van der Waals surface area (Å²) in [5.41, 5.74) is 0.714. The lowest BCUT2D eigenvalue weighted by Gasteiger charge is -2.14. The SMILES string of the molecule is CC(Nc1ccc(OCC(F)(F)F)nc1)c1cc(Br)cs1. The third kappa shape index (κ3) is 5.20. The number of rotatable bonds is 5. The van der Waals surface area contributed by atoms with Crippen LogP contribution in [0.5, 0.6) is 5.88 Å². The third-order valence-corrected chi connectivity index (χ3v) is 4.39. The molecule has 0 saturated carbocycles. The molecule has 0 aliphatic carbocycles. The average molecular weight is 381 g/mol. The van der Waals surface area contributed by atoms with Crippen molar-refractivity contribution in [2.75, 3.05) is 11.9 Å². The molecule has 0 aromatic carbocycles. The standard InChI is InChI=1S/C13H12BrF3N2OS/c1-8(11-4-9(14)6-21-11)19-10-2-3-12(18-5-10)20-7-13(15,16)17/h2-6,8,19H,7H2,1H3. The van der Waals surface area contributed by atoms with Crippen LogP contribution in [0.25, 0.3) is 0 Å². The largest absolute Gasteiger partial charge is 0.468 e. The molecular formula is C13H12BrF3N2OS. The molecule has 0 radical (unpaired) electrons. The molecule has 0 bridgehead atoms. The van der Waals surface area contributed by atoms with Gasteiger partial charge in [0.25, 0.3) is 0 Å². The molecule has 1 atom stereocenters. The van der Waals surface area contributed by atoms with Crippen molar-refractivity contribution in [2.24, 2.45) is 0 Å². The lowest BCUT2D eigenvalue weighted by molar-refractivity contribution is -0.154. The first kappa shape index (κ1) is 16.1. The van der Waals surface area contributed by atoms with E-state index in [0.29, 0.717) is 5.69 Å². The van der Waals surface area contributed by atoms with Gasteiger partial charge >= 0.3 is 6.18 Å². The van der Waals surface area contributed by atoms with Gasteiger partial charge in [0.15, 0.2) is 6.61 Å². The smallest absolute Gasteiger partial charge is 0.422 e. The number of ether oxygens (including phenoxy) is 1. The summed E-state index contributed by atoms with van der Waals surface area (Å²) in [5, 5.41) is 5.21. The molecule has 0 aliphatic rings. The summed E-state index contributed by atoms with van der Waals surface area (Å²) < 4.78 is 41.6. The van der Waals surface area contributed by atoms with Crippen LogP contribution in [0.4, 0.5) is 18.9 Å². The fourth-order valence-corrected chi connectivity index (χ4v) is 3.04. The Morgan fingerprint density at radius 1 is 1.43 bits per heavy atom. The first-order valence-corrected chi connectivity index (χ1v) is 7.67. The van der Waals surface area contributed by atoms with Crippen molar-refractivity contribution in [3.63, 3.8) is 0 Å². The van der Waals surface area contributed by atoms with Crippen molar-refractivity contribution >= 4 is 33.0 Å². The molecule has 1 unspecified atom stereocenters. The summed E-state index contributed by atoms with van der Waals surface area (Å²) in [5.74, 6) is -0.0515. The zero-order valence-corrected chi connectivity index (χ0v) is 13.3. The fraction of sp³-hybridized carbons (Fsp3) is 0.308. The van der Waals surface area contributed by atoms with E-state index in [0.717, 1.165) is 9.35 Å². The predicted octanol–water partition coefficient (Wildman–Crippen LogP) is 5.02. The summed E-state index contributed by atoms with van der Waals surface area (Å²) in [7, 11) is 0. The first-order valence-electron chi connectivity index (χ1n) is 5.99. The molecule has 0 amide bonds. The van der Waals surface area contributed by atoms with E-state index in [4.69, 9.17) is 0 Å². The number of nitrogens with one attached hydrogen (secondary N) is 1. The van der Waals surface area contributed by atoms with Crippen molar-refractivity contribution in [1.29, 1.82) is 0 Å². The number of alkyl halides is 3. The van der Waals surface area contributed by atoms with E-state index in [1.807, 2.05) is 18.4 Å². The maximum Gasteiger partial charge on any atom is 0.422 e. The Kier molecular flexibility index (Phi) is 5.10. The number of aromatic nitrogens is 1. The molecular weight excluding hydrogens is 369 g/mol. The molecule has 8 heteroatoms. The number of halogens is 4. The summed E-state index contributed by atoms with van der Waals surface area (Å²) in [6.07, 6.45) is -2.91. The molecule has 2 aromatic heterocycles. The fourth-order valence-electron chi connectivity index (χ4n) is 1.58. The number of anilines is 1. The minimum Gasteiger partial charge on any atom is -0.468 e. The Bertz CT molecular complexity index is 586. The second-order valence-corrected chi connectivity index (χ2v) is 6.18. The number of nitrogens with zero attached hydrogens (tertiary/aromatic N) is 1. The highest BCUT2D eigenvalue weighted by Crippen LogP contribution is 2.28. The van der Waals surface area contributed by atoms with Crippen molar-refractivity contribution in [3.8, 4) is 5.88 Å². The van der Waals surface area contributed by atoms with Crippen LogP contribution in [0.3, 0.4) is 0 Å². The maximum absolute atomic E-state index is 12.0. The van der Waals surface area contributed by atoms with E-state index in [2.05, 4.69) is 31.0 Å². The van der Waals surface area contributed by atoms with Crippen LogP contribution in [0.1, 0.15) is 17.8 Å². The normalized spacial score (nSPS) is 13.0. The number of pyridine rings is 1. The Balaban J connectivity index is 1.93. The van der Waals surface area contributed by atoms with Crippen LogP contribution in [-0.2, 0) is 0 Å². The van der Waals surface area contributed by atoms with Gasteiger partial charge in [-0.3, -0.25) is 0 Å². The van der Waals surface area contributed by atoms with Crippen molar-refractivity contribution in [1.82, 2.24) is 4.98 Å². The minimum atomic E-state index is -4.36. The first-order chi connectivity index (χ1) is 9.83. The topological polar surface area (TPSA) is 34.1 Å². The molecule has 2 aromatic rings. The Hall–Kier alpha value is -1.28. The van der Waals surface area contributed by atoms with Gasteiger partial charge in [-0.2, -0.15) is 13.2 Å². The highest BCUT2D eigenvalue weighted by atomic mass is 79.9. The van der Waals surface area contributed by atoms with Gasteiger partial charge in [0.2, 0.25) is 5.88 Å². The number of thiophene rings is 1. The highest BCUT2D eigenvalue weighted by molar-refractivity contribution is 9.10. The van der Waals surface area contributed by atoms with Gasteiger partial charge in [-0.25, -0.2) is 4.98 Å². The lowest BCUT2D eigenvalue weighted by Crippen LogP contribution is -2.19. The Morgan fingerprint density at radius 2 is 2.19 bits per heavy atom. The molecule has 0 fully saturated rings.